The molecular weight excluding hydrogens is 550 g/mol. The summed E-state index contributed by atoms with van der Waals surface area (Å²) < 4.78 is 21.4. The first kappa shape index (κ1) is 35.0. The highest BCUT2D eigenvalue weighted by atomic mass is 16.6. The highest BCUT2D eigenvalue weighted by molar-refractivity contribution is 5.90. The van der Waals surface area contributed by atoms with Gasteiger partial charge in [-0.3, -0.25) is 14.4 Å². The average Bonchev–Trinajstić information content (AvgIpc) is 2.98. The topological polar surface area (TPSA) is 110 Å². The summed E-state index contributed by atoms with van der Waals surface area (Å²) in [5, 5.41) is 0. The van der Waals surface area contributed by atoms with Crippen molar-refractivity contribution in [3.63, 3.8) is 0 Å². The Morgan fingerprint density at radius 2 is 1.19 bits per heavy atom. The molecule has 0 saturated heterocycles. The van der Waals surface area contributed by atoms with E-state index in [2.05, 4.69) is 4.85 Å². The van der Waals surface area contributed by atoms with E-state index in [9.17, 15) is 19.2 Å². The Morgan fingerprint density at radius 3 is 1.72 bits per heavy atom. The second-order valence-corrected chi connectivity index (χ2v) is 11.1. The fraction of sp³-hybridized carbons (Fsp3) is 0.500. The highest BCUT2D eigenvalue weighted by Gasteiger charge is 2.36. The molecule has 0 aliphatic carbocycles. The van der Waals surface area contributed by atoms with Gasteiger partial charge in [-0.05, 0) is 76.6 Å². The van der Waals surface area contributed by atoms with Crippen LogP contribution < -0.4 is 0 Å². The van der Waals surface area contributed by atoms with E-state index < -0.39 is 41.6 Å². The van der Waals surface area contributed by atoms with Crippen molar-refractivity contribution in [2.24, 2.45) is 17.8 Å². The summed E-state index contributed by atoms with van der Waals surface area (Å²) in [4.78, 5) is 53.5. The molecule has 0 bridgehead atoms. The minimum atomic E-state index is -0.834. The molecule has 0 aromatic heterocycles. The molecule has 0 fully saturated rings. The number of ether oxygens (including phenoxy) is 4. The average molecular weight is 594 g/mol. The zero-order valence-electron chi connectivity index (χ0n) is 26.0. The molecule has 0 saturated carbocycles. The van der Waals surface area contributed by atoms with Gasteiger partial charge in [0.15, 0.2) is 5.69 Å². The van der Waals surface area contributed by atoms with Crippen LogP contribution in [0.2, 0.25) is 0 Å². The standard InChI is InChI=1S/C34H43NO8/c1-22(2)42-32(37)25(6)30(34(39)43-23(3)4)21-24(5)31(36)40-19-9-8-10-20-41-33(38)28-13-11-26(12-14-28)27-15-17-29(35-7)18-16-27/h11-18,22-25,30H,8-10,19-21H2,1-6H3. The Morgan fingerprint density at radius 1 is 0.674 bits per heavy atom. The van der Waals surface area contributed by atoms with Crippen molar-refractivity contribution in [2.75, 3.05) is 13.2 Å². The second kappa shape index (κ2) is 17.7. The van der Waals surface area contributed by atoms with Gasteiger partial charge in [-0.15, -0.1) is 0 Å². The number of unbranched alkanes of at least 4 members (excludes halogenated alkanes) is 2. The molecule has 0 N–H and O–H groups in total. The van der Waals surface area contributed by atoms with Crippen LogP contribution >= 0.6 is 0 Å². The maximum absolute atomic E-state index is 12.7. The number of carbonyl (C=O) groups excluding carboxylic acids is 4. The summed E-state index contributed by atoms with van der Waals surface area (Å²) in [6.07, 6.45) is 1.32. The third-order valence-corrected chi connectivity index (χ3v) is 6.71. The second-order valence-electron chi connectivity index (χ2n) is 11.1. The quantitative estimate of drug-likeness (QED) is 0.0890. The SMILES string of the molecule is [C-]#[N+]c1ccc(-c2ccc(C(=O)OCCCCCOC(=O)C(C)CC(C(=O)OC(C)C)C(C)C(=O)OC(C)C)cc2)cc1. The van der Waals surface area contributed by atoms with Crippen LogP contribution in [-0.2, 0) is 33.3 Å². The number of nitrogens with zero attached hydrogens (tertiary/aromatic N) is 1. The summed E-state index contributed by atoms with van der Waals surface area (Å²) in [6.45, 7) is 17.7. The first-order valence-electron chi connectivity index (χ1n) is 14.8. The van der Waals surface area contributed by atoms with E-state index in [1.807, 2.05) is 24.3 Å². The van der Waals surface area contributed by atoms with E-state index in [0.717, 1.165) is 11.1 Å². The maximum atomic E-state index is 12.7. The Hall–Kier alpha value is -4.19. The zero-order chi connectivity index (χ0) is 31.9. The van der Waals surface area contributed by atoms with Gasteiger partial charge in [-0.2, -0.15) is 0 Å². The molecule has 0 aliphatic rings. The van der Waals surface area contributed by atoms with E-state index in [4.69, 9.17) is 25.5 Å². The predicted octanol–water partition coefficient (Wildman–Crippen LogP) is 6.96. The van der Waals surface area contributed by atoms with Crippen LogP contribution in [0.15, 0.2) is 48.5 Å². The Balaban J connectivity index is 1.72. The first-order chi connectivity index (χ1) is 20.4. The lowest BCUT2D eigenvalue weighted by Crippen LogP contribution is -2.35. The predicted molar refractivity (Wildman–Crippen MR) is 162 cm³/mol. The Labute approximate surface area is 254 Å². The van der Waals surface area contributed by atoms with Gasteiger partial charge >= 0.3 is 23.9 Å². The van der Waals surface area contributed by atoms with Crippen molar-refractivity contribution in [2.45, 2.75) is 79.4 Å². The van der Waals surface area contributed by atoms with Gasteiger partial charge in [-0.25, -0.2) is 9.64 Å². The largest absolute Gasteiger partial charge is 0.465 e. The third-order valence-electron chi connectivity index (χ3n) is 6.71. The molecule has 2 aromatic rings. The number of hydrogen-bond acceptors (Lipinski definition) is 8. The van der Waals surface area contributed by atoms with E-state index in [1.54, 1.807) is 65.8 Å². The fourth-order valence-corrected chi connectivity index (χ4v) is 4.28. The van der Waals surface area contributed by atoms with Gasteiger partial charge in [0.1, 0.15) is 0 Å². The van der Waals surface area contributed by atoms with Gasteiger partial charge in [-0.1, -0.05) is 50.2 Å². The van der Waals surface area contributed by atoms with Crippen LogP contribution in [0.5, 0.6) is 0 Å². The highest BCUT2D eigenvalue weighted by Crippen LogP contribution is 2.26. The maximum Gasteiger partial charge on any atom is 0.338 e. The van der Waals surface area contributed by atoms with Crippen LogP contribution in [0.4, 0.5) is 5.69 Å². The number of carbonyl (C=O) groups is 4. The molecule has 9 heteroatoms. The summed E-state index contributed by atoms with van der Waals surface area (Å²) in [7, 11) is 0. The first-order valence-corrected chi connectivity index (χ1v) is 14.8. The number of esters is 4. The van der Waals surface area contributed by atoms with Gasteiger partial charge in [0.2, 0.25) is 0 Å². The van der Waals surface area contributed by atoms with Crippen LogP contribution in [0.3, 0.4) is 0 Å². The van der Waals surface area contributed by atoms with Crippen molar-refractivity contribution in [3.05, 3.63) is 65.5 Å². The minimum Gasteiger partial charge on any atom is -0.465 e. The fourth-order valence-electron chi connectivity index (χ4n) is 4.28. The number of benzene rings is 2. The normalized spacial score (nSPS) is 13.0. The van der Waals surface area contributed by atoms with Crippen LogP contribution in [0, 0.1) is 24.3 Å². The molecule has 9 nitrogen and oxygen atoms in total. The summed E-state index contributed by atoms with van der Waals surface area (Å²) >= 11 is 0. The lowest BCUT2D eigenvalue weighted by atomic mass is 9.85. The van der Waals surface area contributed by atoms with Crippen LogP contribution in [0.25, 0.3) is 16.0 Å². The molecular formula is C34H43NO8. The smallest absolute Gasteiger partial charge is 0.338 e. The molecule has 0 radical (unpaired) electrons. The molecule has 2 rings (SSSR count). The Bertz CT molecular complexity index is 1240. The molecule has 3 unspecified atom stereocenters. The van der Waals surface area contributed by atoms with Crippen molar-refractivity contribution in [3.8, 4) is 11.1 Å². The van der Waals surface area contributed by atoms with Crippen LogP contribution in [-0.4, -0.2) is 49.3 Å². The summed E-state index contributed by atoms with van der Waals surface area (Å²) in [5.74, 6) is -4.14. The monoisotopic (exact) mass is 593 g/mol. The van der Waals surface area contributed by atoms with Crippen molar-refractivity contribution >= 4 is 29.6 Å². The van der Waals surface area contributed by atoms with Crippen LogP contribution in [0.1, 0.15) is 77.6 Å². The molecule has 0 spiro atoms. The number of rotatable bonds is 16. The van der Waals surface area contributed by atoms with Crippen molar-refractivity contribution in [1.29, 1.82) is 0 Å². The lowest BCUT2D eigenvalue weighted by Gasteiger charge is -2.25. The Kier molecular flexibility index (Phi) is 14.4. The lowest BCUT2D eigenvalue weighted by molar-refractivity contribution is -0.166. The van der Waals surface area contributed by atoms with Crippen molar-refractivity contribution < 1.29 is 38.1 Å². The number of hydrogen-bond donors (Lipinski definition) is 0. The van der Waals surface area contributed by atoms with Crippen molar-refractivity contribution in [1.82, 2.24) is 0 Å². The van der Waals surface area contributed by atoms with E-state index in [-0.39, 0.29) is 31.8 Å². The molecule has 0 amide bonds. The molecule has 232 valence electrons. The van der Waals surface area contributed by atoms with E-state index in [0.29, 0.717) is 30.5 Å². The molecule has 2 aromatic carbocycles. The van der Waals surface area contributed by atoms with Gasteiger partial charge in [0, 0.05) is 0 Å². The molecule has 0 aliphatic heterocycles. The van der Waals surface area contributed by atoms with Gasteiger partial charge in [0.05, 0.1) is 55.3 Å². The minimum absolute atomic E-state index is 0.101. The molecule has 3 atom stereocenters. The van der Waals surface area contributed by atoms with E-state index >= 15 is 0 Å². The van der Waals surface area contributed by atoms with Gasteiger partial charge in [0.25, 0.3) is 0 Å². The molecule has 43 heavy (non-hydrogen) atoms. The zero-order valence-corrected chi connectivity index (χ0v) is 26.0. The summed E-state index contributed by atoms with van der Waals surface area (Å²) in [6, 6.07) is 14.3. The van der Waals surface area contributed by atoms with Gasteiger partial charge < -0.3 is 18.9 Å². The third kappa shape index (κ3) is 11.9. The summed E-state index contributed by atoms with van der Waals surface area (Å²) in [5.41, 5.74) is 2.91. The van der Waals surface area contributed by atoms with E-state index in [1.165, 1.54) is 0 Å². The molecule has 0 heterocycles.